The van der Waals surface area contributed by atoms with Gasteiger partial charge in [0, 0.05) is 0 Å². The number of rotatable bonds is 1. The van der Waals surface area contributed by atoms with Crippen LogP contribution < -0.4 is 0 Å². The van der Waals surface area contributed by atoms with E-state index < -0.39 is 0 Å². The van der Waals surface area contributed by atoms with E-state index in [2.05, 4.69) is 19.9 Å². The van der Waals surface area contributed by atoms with Gasteiger partial charge >= 0.3 is 0 Å². The molecular formula is C11H18. The van der Waals surface area contributed by atoms with Crippen LogP contribution in [0.25, 0.3) is 0 Å². The maximum Gasteiger partial charge on any atom is -0.0175 e. The summed E-state index contributed by atoms with van der Waals surface area (Å²) in [6.45, 7) is 4.72. The molecule has 0 aliphatic heterocycles. The van der Waals surface area contributed by atoms with Crippen molar-refractivity contribution in [2.24, 2.45) is 17.8 Å². The van der Waals surface area contributed by atoms with E-state index in [4.69, 9.17) is 0 Å². The molecule has 0 saturated heterocycles. The van der Waals surface area contributed by atoms with Crippen molar-refractivity contribution in [1.29, 1.82) is 0 Å². The Kier molecular flexibility index (Phi) is 1.78. The van der Waals surface area contributed by atoms with Crippen LogP contribution in [-0.2, 0) is 0 Å². The lowest BCUT2D eigenvalue weighted by Crippen LogP contribution is -2.09. The van der Waals surface area contributed by atoms with Gasteiger partial charge in [-0.05, 0) is 50.4 Å². The average Bonchev–Trinajstić information content (AvgIpc) is 2.68. The summed E-state index contributed by atoms with van der Waals surface area (Å²) in [6, 6.07) is 0. The first-order chi connectivity index (χ1) is 5.29. The van der Waals surface area contributed by atoms with Gasteiger partial charge in [0.25, 0.3) is 0 Å². The molecule has 0 radical (unpaired) electrons. The molecular weight excluding hydrogens is 132 g/mol. The largest absolute Gasteiger partial charge is 0.0853 e. The molecule has 11 heavy (non-hydrogen) atoms. The summed E-state index contributed by atoms with van der Waals surface area (Å²) in [5.74, 6) is 3.06. The summed E-state index contributed by atoms with van der Waals surface area (Å²) in [5.41, 5.74) is 1.69. The lowest BCUT2D eigenvalue weighted by Gasteiger charge is -2.21. The zero-order valence-corrected chi connectivity index (χ0v) is 7.64. The molecule has 0 nitrogen and oxygen atoms in total. The highest BCUT2D eigenvalue weighted by Crippen LogP contribution is 2.49. The molecule has 0 amide bonds. The van der Waals surface area contributed by atoms with Crippen LogP contribution in [0, 0.1) is 17.8 Å². The number of allylic oxidation sites excluding steroid dienone is 2. The van der Waals surface area contributed by atoms with Crippen molar-refractivity contribution in [2.75, 3.05) is 0 Å². The van der Waals surface area contributed by atoms with Gasteiger partial charge in [-0.1, -0.05) is 18.6 Å². The Balaban J connectivity index is 2.02. The van der Waals surface area contributed by atoms with Gasteiger partial charge in [-0.3, -0.25) is 0 Å². The summed E-state index contributed by atoms with van der Waals surface area (Å²) in [7, 11) is 0. The van der Waals surface area contributed by atoms with Crippen LogP contribution in [-0.4, -0.2) is 0 Å². The van der Waals surface area contributed by atoms with E-state index in [0.29, 0.717) is 0 Å². The summed E-state index contributed by atoms with van der Waals surface area (Å²) in [6.07, 6.45) is 8.20. The van der Waals surface area contributed by atoms with Crippen LogP contribution in [0.5, 0.6) is 0 Å². The maximum absolute atomic E-state index is 2.46. The molecule has 0 aromatic carbocycles. The Labute approximate surface area is 69.7 Å². The number of hydrogen-bond acceptors (Lipinski definition) is 0. The molecule has 3 atom stereocenters. The Hall–Kier alpha value is -0.260. The van der Waals surface area contributed by atoms with Crippen molar-refractivity contribution in [1.82, 2.24) is 0 Å². The number of hydrogen-bond donors (Lipinski definition) is 0. The van der Waals surface area contributed by atoms with Gasteiger partial charge < -0.3 is 0 Å². The van der Waals surface area contributed by atoms with Crippen LogP contribution in [0.3, 0.4) is 0 Å². The molecule has 0 aromatic heterocycles. The van der Waals surface area contributed by atoms with E-state index in [1.54, 1.807) is 5.57 Å². The van der Waals surface area contributed by atoms with Crippen molar-refractivity contribution in [2.45, 2.75) is 39.5 Å². The van der Waals surface area contributed by atoms with Crippen molar-refractivity contribution in [3.63, 3.8) is 0 Å². The van der Waals surface area contributed by atoms with Crippen molar-refractivity contribution >= 4 is 0 Å². The third kappa shape index (κ3) is 1.36. The van der Waals surface area contributed by atoms with E-state index in [-0.39, 0.29) is 0 Å². The fourth-order valence-electron chi connectivity index (χ4n) is 2.51. The Morgan fingerprint density at radius 1 is 1.45 bits per heavy atom. The predicted octanol–water partition coefficient (Wildman–Crippen LogP) is 3.39. The van der Waals surface area contributed by atoms with Gasteiger partial charge in [0.2, 0.25) is 0 Å². The SMILES string of the molecule is CC1=CCCCC1C1CC1C. The highest BCUT2D eigenvalue weighted by atomic mass is 14.4. The Morgan fingerprint density at radius 3 is 2.73 bits per heavy atom. The van der Waals surface area contributed by atoms with Gasteiger partial charge in [0.1, 0.15) is 0 Å². The minimum Gasteiger partial charge on any atom is -0.0853 e. The minimum absolute atomic E-state index is 0.971. The van der Waals surface area contributed by atoms with Gasteiger partial charge in [-0.25, -0.2) is 0 Å². The van der Waals surface area contributed by atoms with E-state index in [9.17, 15) is 0 Å². The van der Waals surface area contributed by atoms with E-state index in [1.807, 2.05) is 0 Å². The first-order valence-corrected chi connectivity index (χ1v) is 4.95. The Bertz CT molecular complexity index is 178. The first-order valence-electron chi connectivity index (χ1n) is 4.95. The van der Waals surface area contributed by atoms with Gasteiger partial charge in [0.15, 0.2) is 0 Å². The van der Waals surface area contributed by atoms with Gasteiger partial charge in [0.05, 0.1) is 0 Å². The molecule has 0 heterocycles. The van der Waals surface area contributed by atoms with Crippen molar-refractivity contribution in [3.8, 4) is 0 Å². The molecule has 2 aliphatic carbocycles. The topological polar surface area (TPSA) is 0 Å². The van der Waals surface area contributed by atoms with Crippen LogP contribution in [0.15, 0.2) is 11.6 Å². The molecule has 0 N–H and O–H groups in total. The molecule has 3 unspecified atom stereocenters. The summed E-state index contributed by atoms with van der Waals surface area (Å²) >= 11 is 0. The highest BCUT2D eigenvalue weighted by Gasteiger charge is 2.39. The second-order valence-electron chi connectivity index (χ2n) is 4.36. The van der Waals surface area contributed by atoms with E-state index in [1.165, 1.54) is 25.7 Å². The lowest BCUT2D eigenvalue weighted by molar-refractivity contribution is 0.440. The first kappa shape index (κ1) is 7.39. The Morgan fingerprint density at radius 2 is 2.18 bits per heavy atom. The fraction of sp³-hybridized carbons (Fsp3) is 0.818. The fourth-order valence-corrected chi connectivity index (χ4v) is 2.51. The molecule has 0 spiro atoms. The van der Waals surface area contributed by atoms with Crippen molar-refractivity contribution in [3.05, 3.63) is 11.6 Å². The quantitative estimate of drug-likeness (QED) is 0.503. The highest BCUT2D eigenvalue weighted by molar-refractivity contribution is 5.11. The van der Waals surface area contributed by atoms with Crippen molar-refractivity contribution < 1.29 is 0 Å². The van der Waals surface area contributed by atoms with Crippen LogP contribution >= 0.6 is 0 Å². The van der Waals surface area contributed by atoms with E-state index >= 15 is 0 Å². The second kappa shape index (κ2) is 2.66. The minimum atomic E-state index is 0.971. The van der Waals surface area contributed by atoms with Crippen LogP contribution in [0.1, 0.15) is 39.5 Å². The summed E-state index contributed by atoms with van der Waals surface area (Å²) in [5, 5.41) is 0. The van der Waals surface area contributed by atoms with Gasteiger partial charge in [-0.2, -0.15) is 0 Å². The summed E-state index contributed by atoms with van der Waals surface area (Å²) in [4.78, 5) is 0. The smallest absolute Gasteiger partial charge is 0.0175 e. The molecule has 2 rings (SSSR count). The predicted molar refractivity (Wildman–Crippen MR) is 48.4 cm³/mol. The molecule has 0 bridgehead atoms. The van der Waals surface area contributed by atoms with Crippen LogP contribution in [0.4, 0.5) is 0 Å². The standard InChI is InChI=1S/C11H18/c1-8-5-3-4-6-10(8)11-7-9(11)2/h5,9-11H,3-4,6-7H2,1-2H3. The molecule has 1 saturated carbocycles. The monoisotopic (exact) mass is 150 g/mol. The molecule has 0 aromatic rings. The molecule has 0 heteroatoms. The molecule has 2 aliphatic rings. The van der Waals surface area contributed by atoms with Crippen LogP contribution in [0.2, 0.25) is 0 Å². The zero-order valence-electron chi connectivity index (χ0n) is 7.64. The third-order valence-electron chi connectivity index (χ3n) is 3.46. The zero-order chi connectivity index (χ0) is 7.84. The van der Waals surface area contributed by atoms with Gasteiger partial charge in [-0.15, -0.1) is 0 Å². The summed E-state index contributed by atoms with van der Waals surface area (Å²) < 4.78 is 0. The second-order valence-corrected chi connectivity index (χ2v) is 4.36. The molecule has 62 valence electrons. The lowest BCUT2D eigenvalue weighted by atomic mass is 9.84. The third-order valence-corrected chi connectivity index (χ3v) is 3.46. The van der Waals surface area contributed by atoms with E-state index in [0.717, 1.165) is 17.8 Å². The maximum atomic E-state index is 2.46. The molecule has 1 fully saturated rings. The average molecular weight is 150 g/mol. The normalized spacial score (nSPS) is 43.5.